The average Bonchev–Trinajstić information content (AvgIpc) is 3.08. The molecule has 0 spiro atoms. The van der Waals surface area contributed by atoms with Gasteiger partial charge in [0.1, 0.15) is 15.5 Å². The Bertz CT molecular complexity index is 1310. The van der Waals surface area contributed by atoms with E-state index in [0.717, 1.165) is 11.8 Å². The van der Waals surface area contributed by atoms with Crippen molar-refractivity contribution in [2.75, 3.05) is 19.8 Å². The molecular formula is C23H20FN3O4S2. The number of halogens is 1. The highest BCUT2D eigenvalue weighted by molar-refractivity contribution is 8.26. The summed E-state index contributed by atoms with van der Waals surface area (Å²) in [5.41, 5.74) is -0.0974. The fourth-order valence-electron chi connectivity index (χ4n) is 3.21. The zero-order chi connectivity index (χ0) is 23.4. The van der Waals surface area contributed by atoms with Crippen molar-refractivity contribution in [1.29, 1.82) is 0 Å². The number of hydrogen-bond acceptors (Lipinski definition) is 7. The molecule has 1 saturated heterocycles. The van der Waals surface area contributed by atoms with Crippen molar-refractivity contribution in [3.8, 4) is 11.6 Å². The van der Waals surface area contributed by atoms with Crippen LogP contribution in [0.3, 0.4) is 0 Å². The van der Waals surface area contributed by atoms with E-state index in [2.05, 4.69) is 4.98 Å². The molecule has 0 radical (unpaired) electrons. The Kier molecular flexibility index (Phi) is 7.17. The molecule has 0 aliphatic carbocycles. The van der Waals surface area contributed by atoms with Gasteiger partial charge in [0.15, 0.2) is 11.6 Å². The van der Waals surface area contributed by atoms with E-state index < -0.39 is 11.4 Å². The Balaban J connectivity index is 1.73. The van der Waals surface area contributed by atoms with Crippen LogP contribution in [0.5, 0.6) is 11.6 Å². The first-order valence-electron chi connectivity index (χ1n) is 10.3. The maximum absolute atomic E-state index is 14.2. The summed E-state index contributed by atoms with van der Waals surface area (Å²) in [6.07, 6.45) is 3.61. The number of thioether (sulfide) groups is 1. The Labute approximate surface area is 198 Å². The van der Waals surface area contributed by atoms with E-state index in [1.807, 2.05) is 6.92 Å². The fourth-order valence-corrected chi connectivity index (χ4v) is 4.50. The molecule has 4 rings (SSSR count). The molecule has 1 aliphatic heterocycles. The van der Waals surface area contributed by atoms with E-state index >= 15 is 0 Å². The van der Waals surface area contributed by atoms with Crippen LogP contribution in [0.1, 0.15) is 18.9 Å². The fraction of sp³-hybridized carbons (Fsp3) is 0.217. The van der Waals surface area contributed by atoms with Crippen molar-refractivity contribution in [3.05, 3.63) is 75.3 Å². The van der Waals surface area contributed by atoms with Gasteiger partial charge in [0.25, 0.3) is 11.5 Å². The minimum absolute atomic E-state index is 0.0248. The molecule has 170 valence electrons. The van der Waals surface area contributed by atoms with Crippen LogP contribution in [-0.4, -0.2) is 44.3 Å². The minimum Gasteiger partial charge on any atom is -0.435 e. The van der Waals surface area contributed by atoms with E-state index in [9.17, 15) is 14.0 Å². The quantitative estimate of drug-likeness (QED) is 0.268. The zero-order valence-corrected chi connectivity index (χ0v) is 19.3. The second kappa shape index (κ2) is 10.2. The number of amides is 1. The van der Waals surface area contributed by atoms with Gasteiger partial charge < -0.3 is 9.47 Å². The molecule has 1 aliphatic rings. The molecule has 1 amide bonds. The molecule has 3 aromatic rings. The smallest absolute Gasteiger partial charge is 0.269 e. The summed E-state index contributed by atoms with van der Waals surface area (Å²) in [5.74, 6) is -1.09. The van der Waals surface area contributed by atoms with Crippen LogP contribution in [0.25, 0.3) is 11.7 Å². The number of aromatic nitrogens is 2. The summed E-state index contributed by atoms with van der Waals surface area (Å²) in [6.45, 7) is 3.43. The molecule has 0 saturated carbocycles. The SMILES string of the molecule is CCOCCCN1C(=O)/C(=C\c2c(Oc3ccccc3F)nc3ccccn3c2=O)SC1=S. The van der Waals surface area contributed by atoms with Gasteiger partial charge in [-0.15, -0.1) is 0 Å². The van der Waals surface area contributed by atoms with Gasteiger partial charge in [-0.2, -0.15) is 4.98 Å². The van der Waals surface area contributed by atoms with E-state index in [1.54, 1.807) is 30.5 Å². The Hall–Kier alpha value is -3.08. The number of carbonyl (C=O) groups excluding carboxylic acids is 1. The third-order valence-electron chi connectivity index (χ3n) is 4.80. The lowest BCUT2D eigenvalue weighted by Gasteiger charge is -2.14. The number of rotatable bonds is 8. The summed E-state index contributed by atoms with van der Waals surface area (Å²) in [6, 6.07) is 10.9. The molecule has 33 heavy (non-hydrogen) atoms. The van der Waals surface area contributed by atoms with E-state index in [-0.39, 0.29) is 28.0 Å². The Morgan fingerprint density at radius 3 is 2.76 bits per heavy atom. The van der Waals surface area contributed by atoms with Crippen molar-refractivity contribution in [2.24, 2.45) is 0 Å². The number of thiocarbonyl (C=S) groups is 1. The van der Waals surface area contributed by atoms with Gasteiger partial charge in [0, 0.05) is 26.0 Å². The molecule has 0 bridgehead atoms. The molecule has 1 fully saturated rings. The second-order valence-electron chi connectivity index (χ2n) is 6.98. The number of ether oxygens (including phenoxy) is 2. The molecule has 0 atom stereocenters. The van der Waals surface area contributed by atoms with Crippen LogP contribution in [0.2, 0.25) is 0 Å². The number of hydrogen-bond donors (Lipinski definition) is 0. The predicted molar refractivity (Wildman–Crippen MR) is 129 cm³/mol. The van der Waals surface area contributed by atoms with Crippen LogP contribution in [0, 0.1) is 5.82 Å². The molecule has 3 heterocycles. The number of nitrogens with zero attached hydrogens (tertiary/aromatic N) is 3. The zero-order valence-electron chi connectivity index (χ0n) is 17.7. The molecule has 7 nitrogen and oxygen atoms in total. The number of para-hydroxylation sites is 1. The average molecular weight is 486 g/mol. The standard InChI is InChI=1S/C23H20FN3O4S2/c1-2-30-13-7-12-27-22(29)18(33-23(27)32)14-15-20(31-17-9-4-3-8-16(17)24)25-19-10-5-6-11-26(19)21(15)28/h3-6,8-11,14H,2,7,12-13H2,1H3/b18-14+. The largest absolute Gasteiger partial charge is 0.435 e. The lowest BCUT2D eigenvalue weighted by Crippen LogP contribution is -2.29. The van der Waals surface area contributed by atoms with Crippen molar-refractivity contribution < 1.29 is 18.7 Å². The number of benzene rings is 1. The summed E-state index contributed by atoms with van der Waals surface area (Å²) < 4.78 is 27.0. The van der Waals surface area contributed by atoms with Gasteiger partial charge in [-0.1, -0.05) is 42.2 Å². The highest BCUT2D eigenvalue weighted by Crippen LogP contribution is 2.34. The van der Waals surface area contributed by atoms with Gasteiger partial charge in [-0.05, 0) is 43.7 Å². The maximum atomic E-state index is 14.2. The second-order valence-corrected chi connectivity index (χ2v) is 8.66. The molecule has 0 unspecified atom stereocenters. The molecule has 2 aromatic heterocycles. The molecular weight excluding hydrogens is 465 g/mol. The van der Waals surface area contributed by atoms with Crippen LogP contribution in [0.4, 0.5) is 4.39 Å². The van der Waals surface area contributed by atoms with Gasteiger partial charge in [-0.3, -0.25) is 18.9 Å². The van der Waals surface area contributed by atoms with Crippen molar-refractivity contribution in [1.82, 2.24) is 14.3 Å². The Morgan fingerprint density at radius 1 is 1.18 bits per heavy atom. The molecule has 0 N–H and O–H groups in total. The highest BCUT2D eigenvalue weighted by atomic mass is 32.2. The normalized spacial score (nSPS) is 15.1. The minimum atomic E-state index is -0.598. The summed E-state index contributed by atoms with van der Waals surface area (Å²) >= 11 is 6.46. The van der Waals surface area contributed by atoms with Crippen LogP contribution in [-0.2, 0) is 9.53 Å². The van der Waals surface area contributed by atoms with Gasteiger partial charge >= 0.3 is 0 Å². The van der Waals surface area contributed by atoms with Gasteiger partial charge in [-0.25, -0.2) is 4.39 Å². The first kappa shape index (κ1) is 23.1. The Morgan fingerprint density at radius 2 is 1.97 bits per heavy atom. The van der Waals surface area contributed by atoms with E-state index in [4.69, 9.17) is 21.7 Å². The van der Waals surface area contributed by atoms with E-state index in [0.29, 0.717) is 36.1 Å². The molecule has 1 aromatic carbocycles. The maximum Gasteiger partial charge on any atom is 0.269 e. The lowest BCUT2D eigenvalue weighted by molar-refractivity contribution is -0.122. The topological polar surface area (TPSA) is 73.1 Å². The number of pyridine rings is 1. The number of fused-ring (bicyclic) bond motifs is 1. The first-order valence-corrected chi connectivity index (χ1v) is 11.5. The first-order chi connectivity index (χ1) is 16.0. The van der Waals surface area contributed by atoms with Crippen LogP contribution >= 0.6 is 24.0 Å². The van der Waals surface area contributed by atoms with Crippen molar-refractivity contribution >= 4 is 45.9 Å². The van der Waals surface area contributed by atoms with Crippen LogP contribution in [0.15, 0.2) is 58.4 Å². The lowest BCUT2D eigenvalue weighted by atomic mass is 10.2. The predicted octanol–water partition coefficient (Wildman–Crippen LogP) is 4.25. The van der Waals surface area contributed by atoms with Crippen LogP contribution < -0.4 is 10.3 Å². The van der Waals surface area contributed by atoms with Gasteiger partial charge in [0.2, 0.25) is 5.88 Å². The van der Waals surface area contributed by atoms with E-state index in [1.165, 1.54) is 33.6 Å². The molecule has 10 heteroatoms. The number of carbonyl (C=O) groups is 1. The monoisotopic (exact) mass is 485 g/mol. The summed E-state index contributed by atoms with van der Waals surface area (Å²) in [7, 11) is 0. The highest BCUT2D eigenvalue weighted by Gasteiger charge is 2.32. The third-order valence-corrected chi connectivity index (χ3v) is 6.18. The van der Waals surface area contributed by atoms with Gasteiger partial charge in [0.05, 0.1) is 4.91 Å². The third kappa shape index (κ3) is 4.97. The van der Waals surface area contributed by atoms with Crippen molar-refractivity contribution in [3.63, 3.8) is 0 Å². The summed E-state index contributed by atoms with van der Waals surface area (Å²) in [5, 5.41) is 0. The van der Waals surface area contributed by atoms with Crippen molar-refractivity contribution in [2.45, 2.75) is 13.3 Å². The summed E-state index contributed by atoms with van der Waals surface area (Å²) in [4.78, 5) is 32.4.